The summed E-state index contributed by atoms with van der Waals surface area (Å²) in [6.07, 6.45) is 3.42. The molecule has 0 amide bonds. The van der Waals surface area contributed by atoms with E-state index in [0.29, 0.717) is 13.1 Å². The van der Waals surface area contributed by atoms with Gasteiger partial charge in [0.1, 0.15) is 5.76 Å². The molecule has 5 heteroatoms. The van der Waals surface area contributed by atoms with Crippen LogP contribution in [0.3, 0.4) is 0 Å². The van der Waals surface area contributed by atoms with Crippen LogP contribution in [0.4, 0.5) is 0 Å². The maximum Gasteiger partial charge on any atom is 0.150 e. The Bertz CT molecular complexity index is 636. The first-order valence-electron chi connectivity index (χ1n) is 5.73. The fourth-order valence-corrected chi connectivity index (χ4v) is 1.73. The van der Waals surface area contributed by atoms with E-state index in [1.54, 1.807) is 12.4 Å². The van der Waals surface area contributed by atoms with Crippen LogP contribution in [0.2, 0.25) is 0 Å². The molecular weight excluding hydrogens is 228 g/mol. The van der Waals surface area contributed by atoms with Gasteiger partial charge in [0.25, 0.3) is 0 Å². The van der Waals surface area contributed by atoms with Gasteiger partial charge in [0.2, 0.25) is 0 Å². The Kier molecular flexibility index (Phi) is 2.97. The van der Waals surface area contributed by atoms with Crippen molar-refractivity contribution in [3.63, 3.8) is 0 Å². The van der Waals surface area contributed by atoms with Crippen LogP contribution >= 0.6 is 0 Å². The molecule has 0 saturated heterocycles. The molecule has 0 spiro atoms. The fourth-order valence-electron chi connectivity index (χ4n) is 1.73. The third kappa shape index (κ3) is 2.36. The highest BCUT2D eigenvalue weighted by atomic mass is 16.5. The van der Waals surface area contributed by atoms with Gasteiger partial charge < -0.3 is 9.84 Å². The van der Waals surface area contributed by atoms with Crippen LogP contribution in [0.25, 0.3) is 11.0 Å². The van der Waals surface area contributed by atoms with E-state index in [-0.39, 0.29) is 0 Å². The lowest BCUT2D eigenvalue weighted by Gasteiger charge is -2.03. The van der Waals surface area contributed by atoms with Crippen molar-refractivity contribution in [1.82, 2.24) is 20.4 Å². The molecule has 3 rings (SSSR count). The highest BCUT2D eigenvalue weighted by Gasteiger charge is 2.00. The van der Waals surface area contributed by atoms with Gasteiger partial charge in [0.15, 0.2) is 0 Å². The summed E-state index contributed by atoms with van der Waals surface area (Å²) in [6.45, 7) is 1.28. The highest BCUT2D eigenvalue weighted by Crippen LogP contribution is 2.08. The molecule has 5 nitrogen and oxygen atoms in total. The largest absolute Gasteiger partial charge is 0.360 e. The molecule has 0 aliphatic carbocycles. The Morgan fingerprint density at radius 1 is 1.06 bits per heavy atom. The number of rotatable bonds is 4. The van der Waals surface area contributed by atoms with Gasteiger partial charge in [-0.1, -0.05) is 17.3 Å². The molecule has 1 N–H and O–H groups in total. The molecule has 0 radical (unpaired) electrons. The van der Waals surface area contributed by atoms with E-state index in [4.69, 9.17) is 4.52 Å². The van der Waals surface area contributed by atoms with Crippen molar-refractivity contribution >= 4 is 11.0 Å². The minimum Gasteiger partial charge on any atom is -0.360 e. The van der Waals surface area contributed by atoms with Crippen molar-refractivity contribution in [1.29, 1.82) is 0 Å². The quantitative estimate of drug-likeness (QED) is 0.754. The summed E-state index contributed by atoms with van der Waals surface area (Å²) in [7, 11) is 0. The van der Waals surface area contributed by atoms with Gasteiger partial charge in [-0.15, -0.1) is 0 Å². The van der Waals surface area contributed by atoms with Gasteiger partial charge in [-0.25, -0.2) is 4.98 Å². The van der Waals surface area contributed by atoms with Gasteiger partial charge in [-0.05, 0) is 12.1 Å². The molecule has 90 valence electrons. The summed E-state index contributed by atoms with van der Waals surface area (Å²) in [4.78, 5) is 8.88. The summed E-state index contributed by atoms with van der Waals surface area (Å²) < 4.78 is 4.99. The number of para-hydroxylation sites is 2. The molecule has 0 unspecified atom stereocenters. The van der Waals surface area contributed by atoms with Gasteiger partial charge in [0.05, 0.1) is 35.7 Å². The first-order valence-corrected chi connectivity index (χ1v) is 5.73. The minimum absolute atomic E-state index is 0.633. The SMILES string of the molecule is c1ccc2nc(CNCc3ccno3)cnc2c1. The van der Waals surface area contributed by atoms with Crippen LogP contribution in [0, 0.1) is 0 Å². The fraction of sp³-hybridized carbons (Fsp3) is 0.154. The molecule has 18 heavy (non-hydrogen) atoms. The van der Waals surface area contributed by atoms with Crippen molar-refractivity contribution in [2.24, 2.45) is 0 Å². The predicted octanol–water partition coefficient (Wildman–Crippen LogP) is 1.91. The van der Waals surface area contributed by atoms with Crippen LogP contribution in [-0.2, 0) is 13.1 Å². The normalized spacial score (nSPS) is 10.9. The van der Waals surface area contributed by atoms with Crippen molar-refractivity contribution in [2.75, 3.05) is 0 Å². The number of hydrogen-bond donors (Lipinski definition) is 1. The predicted molar refractivity (Wildman–Crippen MR) is 66.6 cm³/mol. The van der Waals surface area contributed by atoms with E-state index >= 15 is 0 Å². The molecule has 0 bridgehead atoms. The van der Waals surface area contributed by atoms with E-state index in [2.05, 4.69) is 20.4 Å². The lowest BCUT2D eigenvalue weighted by Crippen LogP contribution is -2.13. The van der Waals surface area contributed by atoms with Crippen molar-refractivity contribution in [3.8, 4) is 0 Å². The zero-order chi connectivity index (χ0) is 12.2. The number of nitrogens with one attached hydrogen (secondary N) is 1. The molecule has 1 aromatic carbocycles. The number of nitrogens with zero attached hydrogens (tertiary/aromatic N) is 3. The molecule has 2 heterocycles. The van der Waals surface area contributed by atoms with E-state index in [1.807, 2.05) is 30.3 Å². The van der Waals surface area contributed by atoms with Gasteiger partial charge in [-0.2, -0.15) is 0 Å². The summed E-state index contributed by atoms with van der Waals surface area (Å²) in [5.74, 6) is 0.809. The maximum atomic E-state index is 4.99. The Morgan fingerprint density at radius 3 is 2.78 bits per heavy atom. The highest BCUT2D eigenvalue weighted by molar-refractivity contribution is 5.73. The molecule has 3 aromatic rings. The van der Waals surface area contributed by atoms with Crippen LogP contribution in [0.5, 0.6) is 0 Å². The molecule has 0 fully saturated rings. The topological polar surface area (TPSA) is 63.8 Å². The molecule has 0 atom stereocenters. The molecule has 0 saturated carbocycles. The monoisotopic (exact) mass is 240 g/mol. The van der Waals surface area contributed by atoms with Gasteiger partial charge >= 0.3 is 0 Å². The van der Waals surface area contributed by atoms with Crippen LogP contribution in [-0.4, -0.2) is 15.1 Å². The third-order valence-corrected chi connectivity index (χ3v) is 2.60. The minimum atomic E-state index is 0.633. The maximum absolute atomic E-state index is 4.99. The standard InChI is InChI=1S/C13H12N4O/c1-2-4-13-12(3-1)15-8-10(17-13)7-14-9-11-5-6-16-18-11/h1-6,8,14H,7,9H2. The van der Waals surface area contributed by atoms with Crippen molar-refractivity contribution in [3.05, 3.63) is 54.2 Å². The second kappa shape index (κ2) is 4.93. The van der Waals surface area contributed by atoms with E-state index in [9.17, 15) is 0 Å². The summed E-state index contributed by atoms with van der Waals surface area (Å²) >= 11 is 0. The average molecular weight is 240 g/mol. The third-order valence-electron chi connectivity index (χ3n) is 2.60. The number of aromatic nitrogens is 3. The van der Waals surface area contributed by atoms with Crippen molar-refractivity contribution in [2.45, 2.75) is 13.1 Å². The first-order chi connectivity index (χ1) is 8.92. The lowest BCUT2D eigenvalue weighted by atomic mass is 10.3. The first kappa shape index (κ1) is 10.9. The Morgan fingerprint density at radius 2 is 1.94 bits per heavy atom. The molecular formula is C13H12N4O. The smallest absolute Gasteiger partial charge is 0.150 e. The lowest BCUT2D eigenvalue weighted by molar-refractivity contribution is 0.372. The molecule has 2 aromatic heterocycles. The van der Waals surface area contributed by atoms with E-state index in [1.165, 1.54) is 0 Å². The summed E-state index contributed by atoms with van der Waals surface area (Å²) in [6, 6.07) is 9.66. The Balaban J connectivity index is 1.67. The zero-order valence-electron chi connectivity index (χ0n) is 9.71. The number of hydrogen-bond acceptors (Lipinski definition) is 5. The Hall–Kier alpha value is -2.27. The van der Waals surface area contributed by atoms with Crippen LogP contribution in [0.1, 0.15) is 11.5 Å². The zero-order valence-corrected chi connectivity index (χ0v) is 9.71. The number of fused-ring (bicyclic) bond motifs is 1. The van der Waals surface area contributed by atoms with Crippen LogP contribution < -0.4 is 5.32 Å². The second-order valence-electron chi connectivity index (χ2n) is 3.93. The number of benzene rings is 1. The van der Waals surface area contributed by atoms with Crippen LogP contribution in [0.15, 0.2) is 47.2 Å². The average Bonchev–Trinajstić information content (AvgIpc) is 2.92. The van der Waals surface area contributed by atoms with E-state index in [0.717, 1.165) is 22.5 Å². The molecule has 0 aliphatic heterocycles. The van der Waals surface area contributed by atoms with E-state index < -0.39 is 0 Å². The van der Waals surface area contributed by atoms with Gasteiger partial charge in [0, 0.05) is 12.6 Å². The summed E-state index contributed by atoms with van der Waals surface area (Å²) in [5.41, 5.74) is 2.74. The van der Waals surface area contributed by atoms with Gasteiger partial charge in [-0.3, -0.25) is 4.98 Å². The summed E-state index contributed by atoms with van der Waals surface area (Å²) in [5, 5.41) is 6.88. The second-order valence-corrected chi connectivity index (χ2v) is 3.93. The Labute approximate surface area is 104 Å². The van der Waals surface area contributed by atoms with Crippen molar-refractivity contribution < 1.29 is 4.52 Å². The molecule has 0 aliphatic rings.